The lowest BCUT2D eigenvalue weighted by Crippen LogP contribution is -2.16. The highest BCUT2D eigenvalue weighted by atomic mass is 32.2. The number of hydrogen-bond acceptors (Lipinski definition) is 6. The molecule has 0 saturated carbocycles. The summed E-state index contributed by atoms with van der Waals surface area (Å²) in [5, 5.41) is 11.8. The first-order chi connectivity index (χ1) is 15.4. The molecule has 0 aliphatic carbocycles. The second-order valence-corrected chi connectivity index (χ2v) is 8.39. The maximum absolute atomic E-state index is 13.0. The molecule has 3 N–H and O–H groups in total. The molecule has 0 aliphatic rings. The summed E-state index contributed by atoms with van der Waals surface area (Å²) in [5.74, 6) is 0.348. The number of carbonyl (C=O) groups is 1. The molecule has 3 aromatic rings. The lowest BCUT2D eigenvalue weighted by Gasteiger charge is -2.14. The number of rotatable bonds is 9. The van der Waals surface area contributed by atoms with E-state index in [0.717, 1.165) is 0 Å². The molecular weight excluding hydrogens is 432 g/mol. The van der Waals surface area contributed by atoms with Gasteiger partial charge in [-0.25, -0.2) is 8.42 Å². The number of amides is 1. The average molecular weight is 457 g/mol. The molecule has 3 rings (SSSR count). The van der Waals surface area contributed by atoms with E-state index < -0.39 is 15.9 Å². The predicted octanol–water partition coefficient (Wildman–Crippen LogP) is 3.64. The number of aliphatic hydroxyl groups is 1. The highest BCUT2D eigenvalue weighted by molar-refractivity contribution is 7.92. The van der Waals surface area contributed by atoms with Gasteiger partial charge in [0.2, 0.25) is 0 Å². The van der Waals surface area contributed by atoms with Gasteiger partial charge in [0, 0.05) is 16.9 Å². The Hall–Kier alpha value is -3.56. The Balaban J connectivity index is 1.83. The molecule has 0 fully saturated rings. The van der Waals surface area contributed by atoms with Crippen molar-refractivity contribution in [1.82, 2.24) is 0 Å². The SMILES string of the molecule is CCOc1ccc(NS(=O)(=O)c2cc(NC(=O)c3ccc(CO)cc3)ccc2OC)cc1. The van der Waals surface area contributed by atoms with Crippen LogP contribution in [-0.4, -0.2) is 33.1 Å². The monoisotopic (exact) mass is 456 g/mol. The second-order valence-electron chi connectivity index (χ2n) is 6.74. The van der Waals surface area contributed by atoms with Crippen LogP contribution in [-0.2, 0) is 16.6 Å². The molecule has 3 aromatic carbocycles. The van der Waals surface area contributed by atoms with Gasteiger partial charge in [-0.3, -0.25) is 9.52 Å². The minimum Gasteiger partial charge on any atom is -0.495 e. The minimum atomic E-state index is -4.01. The average Bonchev–Trinajstić information content (AvgIpc) is 2.80. The van der Waals surface area contributed by atoms with Gasteiger partial charge in [-0.15, -0.1) is 0 Å². The summed E-state index contributed by atoms with van der Waals surface area (Å²) in [4.78, 5) is 12.4. The van der Waals surface area contributed by atoms with E-state index >= 15 is 0 Å². The first-order valence-corrected chi connectivity index (χ1v) is 11.3. The van der Waals surface area contributed by atoms with E-state index in [1.54, 1.807) is 54.6 Å². The third kappa shape index (κ3) is 5.57. The molecule has 0 radical (unpaired) electrons. The van der Waals surface area contributed by atoms with Gasteiger partial charge in [0.15, 0.2) is 0 Å². The second kappa shape index (κ2) is 10.2. The lowest BCUT2D eigenvalue weighted by atomic mass is 10.1. The van der Waals surface area contributed by atoms with Crippen LogP contribution in [0.2, 0.25) is 0 Å². The first-order valence-electron chi connectivity index (χ1n) is 9.81. The summed E-state index contributed by atoms with van der Waals surface area (Å²) >= 11 is 0. The Morgan fingerprint density at radius 1 is 0.969 bits per heavy atom. The number of ether oxygens (including phenoxy) is 2. The summed E-state index contributed by atoms with van der Waals surface area (Å²) < 4.78 is 39.1. The third-order valence-corrected chi connectivity index (χ3v) is 5.93. The number of sulfonamides is 1. The van der Waals surface area contributed by atoms with Crippen molar-refractivity contribution in [3.63, 3.8) is 0 Å². The molecule has 0 unspecified atom stereocenters. The highest BCUT2D eigenvalue weighted by Crippen LogP contribution is 2.29. The highest BCUT2D eigenvalue weighted by Gasteiger charge is 2.21. The fraction of sp³-hybridized carbons (Fsp3) is 0.174. The van der Waals surface area contributed by atoms with Gasteiger partial charge in [-0.2, -0.15) is 0 Å². The fourth-order valence-corrected chi connectivity index (χ4v) is 4.18. The normalized spacial score (nSPS) is 11.0. The van der Waals surface area contributed by atoms with E-state index in [4.69, 9.17) is 14.6 Å². The van der Waals surface area contributed by atoms with Gasteiger partial charge < -0.3 is 19.9 Å². The van der Waals surface area contributed by atoms with E-state index in [1.165, 1.54) is 19.2 Å². The van der Waals surface area contributed by atoms with E-state index in [1.807, 2.05) is 6.92 Å². The van der Waals surface area contributed by atoms with Crippen molar-refractivity contribution < 1.29 is 27.8 Å². The maximum Gasteiger partial charge on any atom is 0.265 e. The van der Waals surface area contributed by atoms with Gasteiger partial charge in [0.25, 0.3) is 15.9 Å². The fourth-order valence-electron chi connectivity index (χ4n) is 2.93. The molecule has 8 nitrogen and oxygen atoms in total. The van der Waals surface area contributed by atoms with Crippen LogP contribution in [0.5, 0.6) is 11.5 Å². The maximum atomic E-state index is 13.0. The number of nitrogens with one attached hydrogen (secondary N) is 2. The van der Waals surface area contributed by atoms with Crippen LogP contribution in [0.25, 0.3) is 0 Å². The van der Waals surface area contributed by atoms with E-state index in [9.17, 15) is 13.2 Å². The standard InChI is InChI=1S/C23H24N2O6S/c1-3-31-20-11-8-18(9-12-20)25-32(28,29)22-14-19(10-13-21(22)30-2)24-23(27)17-6-4-16(15-26)5-7-17/h4-14,25-26H,3,15H2,1-2H3,(H,24,27). The largest absolute Gasteiger partial charge is 0.495 e. The number of aliphatic hydroxyl groups excluding tert-OH is 1. The van der Waals surface area contributed by atoms with Crippen LogP contribution in [0, 0.1) is 0 Å². The third-order valence-electron chi connectivity index (χ3n) is 4.53. The zero-order chi connectivity index (χ0) is 23.1. The number of methoxy groups -OCH3 is 1. The molecule has 168 valence electrons. The molecule has 9 heteroatoms. The van der Waals surface area contributed by atoms with Crippen molar-refractivity contribution in [3.8, 4) is 11.5 Å². The number of benzene rings is 3. The summed E-state index contributed by atoms with van der Waals surface area (Å²) in [6, 6.07) is 17.3. The van der Waals surface area contributed by atoms with Crippen LogP contribution >= 0.6 is 0 Å². The Morgan fingerprint density at radius 3 is 2.22 bits per heavy atom. The number of anilines is 2. The van der Waals surface area contributed by atoms with Crippen molar-refractivity contribution in [2.24, 2.45) is 0 Å². The van der Waals surface area contributed by atoms with Crippen molar-refractivity contribution in [2.75, 3.05) is 23.8 Å². The molecule has 32 heavy (non-hydrogen) atoms. The first kappa shape index (κ1) is 23.1. The molecule has 1 amide bonds. The van der Waals surface area contributed by atoms with Crippen LogP contribution in [0.3, 0.4) is 0 Å². The molecule has 0 aromatic heterocycles. The smallest absolute Gasteiger partial charge is 0.265 e. The van der Waals surface area contributed by atoms with Gasteiger partial charge in [0.05, 0.1) is 20.3 Å². The summed E-state index contributed by atoms with van der Waals surface area (Å²) in [6.07, 6.45) is 0. The quantitative estimate of drug-likeness (QED) is 0.453. The zero-order valence-corrected chi connectivity index (χ0v) is 18.5. The van der Waals surface area contributed by atoms with Gasteiger partial charge in [-0.05, 0) is 67.1 Å². The van der Waals surface area contributed by atoms with Gasteiger partial charge >= 0.3 is 0 Å². The van der Waals surface area contributed by atoms with Crippen LogP contribution in [0.15, 0.2) is 71.6 Å². The molecule has 0 saturated heterocycles. The van der Waals surface area contributed by atoms with Crippen LogP contribution in [0.4, 0.5) is 11.4 Å². The van der Waals surface area contributed by atoms with Crippen LogP contribution < -0.4 is 19.5 Å². The molecule has 0 atom stereocenters. The summed E-state index contributed by atoms with van der Waals surface area (Å²) in [6.45, 7) is 2.24. The minimum absolute atomic E-state index is 0.122. The Morgan fingerprint density at radius 2 is 1.62 bits per heavy atom. The summed E-state index contributed by atoms with van der Waals surface area (Å²) in [5.41, 5.74) is 1.69. The summed E-state index contributed by atoms with van der Waals surface area (Å²) in [7, 11) is -2.64. The van der Waals surface area contributed by atoms with Gasteiger partial charge in [0.1, 0.15) is 16.4 Å². The Bertz CT molecular complexity index is 1180. The molecule has 0 heterocycles. The van der Waals surface area contributed by atoms with Crippen molar-refractivity contribution in [3.05, 3.63) is 77.9 Å². The van der Waals surface area contributed by atoms with E-state index in [0.29, 0.717) is 29.2 Å². The number of carbonyl (C=O) groups excluding carboxylic acids is 1. The van der Waals surface area contributed by atoms with Crippen molar-refractivity contribution in [2.45, 2.75) is 18.4 Å². The molecular formula is C23H24N2O6S. The Labute approximate surface area is 186 Å². The predicted molar refractivity (Wildman–Crippen MR) is 122 cm³/mol. The van der Waals surface area contributed by atoms with Crippen LogP contribution in [0.1, 0.15) is 22.8 Å². The van der Waals surface area contributed by atoms with Crippen molar-refractivity contribution in [1.29, 1.82) is 0 Å². The molecule has 0 bridgehead atoms. The van der Waals surface area contributed by atoms with Gasteiger partial charge in [-0.1, -0.05) is 12.1 Å². The van der Waals surface area contributed by atoms with Crippen molar-refractivity contribution >= 4 is 27.3 Å². The lowest BCUT2D eigenvalue weighted by molar-refractivity contribution is 0.102. The zero-order valence-electron chi connectivity index (χ0n) is 17.7. The van der Waals surface area contributed by atoms with E-state index in [-0.39, 0.29) is 22.9 Å². The van der Waals surface area contributed by atoms with E-state index in [2.05, 4.69) is 10.0 Å². The topological polar surface area (TPSA) is 114 Å². The molecule has 0 aliphatic heterocycles. The molecule has 0 spiro atoms. The Kier molecular flexibility index (Phi) is 7.34. The number of hydrogen-bond donors (Lipinski definition) is 3.